The number of carbonyl (C=O) groups excluding carboxylic acids is 4. The zero-order valence-electron chi connectivity index (χ0n) is 18.7. The minimum Gasteiger partial charge on any atom is -0.369 e. The lowest BCUT2D eigenvalue weighted by atomic mass is 9.51. The number of piperidine rings is 1. The highest BCUT2D eigenvalue weighted by molar-refractivity contribution is 9.10. The van der Waals surface area contributed by atoms with Crippen LogP contribution in [0.3, 0.4) is 0 Å². The number of carbonyl (C=O) groups is 4. The first-order valence-electron chi connectivity index (χ1n) is 10.9. The molecule has 3 aliphatic rings. The highest BCUT2D eigenvalue weighted by atomic mass is 79.9. The minimum absolute atomic E-state index is 0.0362. The Kier molecular flexibility index (Phi) is 5.12. The Morgan fingerprint density at radius 2 is 1.03 bits per heavy atom. The van der Waals surface area contributed by atoms with E-state index in [1.165, 1.54) is 0 Å². The van der Waals surface area contributed by atoms with E-state index in [0.717, 1.165) is 10.2 Å². The molecule has 2 spiro atoms. The molecule has 1 saturated heterocycles. The van der Waals surface area contributed by atoms with E-state index >= 15 is 0 Å². The molecule has 0 aromatic heterocycles. The van der Waals surface area contributed by atoms with E-state index in [1.54, 1.807) is 0 Å². The number of nitrogens with zero attached hydrogens (tertiary/aromatic N) is 1. The van der Waals surface area contributed by atoms with Gasteiger partial charge in [-0.1, -0.05) is 43.6 Å². The maximum absolute atomic E-state index is 13.5. The van der Waals surface area contributed by atoms with Crippen molar-refractivity contribution in [1.29, 1.82) is 0 Å². The molecule has 2 aliphatic carbocycles. The molecular formula is C25H30BrNO4. The van der Waals surface area contributed by atoms with Gasteiger partial charge >= 0.3 is 0 Å². The fraction of sp³-hybridized carbons (Fsp3) is 0.600. The van der Waals surface area contributed by atoms with Crippen LogP contribution in [0.5, 0.6) is 0 Å². The van der Waals surface area contributed by atoms with Crippen molar-refractivity contribution in [2.75, 3.05) is 18.0 Å². The van der Waals surface area contributed by atoms with E-state index in [4.69, 9.17) is 0 Å². The SMILES string of the molecule is CC1(C)CC(=O)C2(CN(c3ccc(Br)cc3)CC3(C2)C(=O)CC(C)(C)CC3=O)C(=O)C1. The second-order valence-corrected chi connectivity index (χ2v) is 12.3. The fourth-order valence-corrected chi connectivity index (χ4v) is 6.03. The average Bonchev–Trinajstić information content (AvgIpc) is 2.64. The van der Waals surface area contributed by atoms with Gasteiger partial charge in [0.25, 0.3) is 0 Å². The number of benzene rings is 1. The van der Waals surface area contributed by atoms with Crippen molar-refractivity contribution >= 4 is 44.8 Å². The van der Waals surface area contributed by atoms with Crippen LogP contribution in [-0.2, 0) is 19.2 Å². The van der Waals surface area contributed by atoms with Crippen molar-refractivity contribution in [3.05, 3.63) is 28.7 Å². The third kappa shape index (κ3) is 3.71. The second kappa shape index (κ2) is 7.09. The van der Waals surface area contributed by atoms with Gasteiger partial charge < -0.3 is 4.90 Å². The molecule has 1 heterocycles. The van der Waals surface area contributed by atoms with Gasteiger partial charge in [-0.25, -0.2) is 0 Å². The maximum atomic E-state index is 13.5. The van der Waals surface area contributed by atoms with Crippen molar-refractivity contribution in [3.63, 3.8) is 0 Å². The van der Waals surface area contributed by atoms with Crippen LogP contribution in [0.1, 0.15) is 59.8 Å². The van der Waals surface area contributed by atoms with Crippen molar-refractivity contribution in [2.45, 2.75) is 59.8 Å². The third-order valence-corrected chi connectivity index (χ3v) is 7.94. The zero-order valence-corrected chi connectivity index (χ0v) is 20.3. The van der Waals surface area contributed by atoms with Crippen LogP contribution in [0.2, 0.25) is 0 Å². The van der Waals surface area contributed by atoms with Crippen molar-refractivity contribution in [2.24, 2.45) is 21.7 Å². The van der Waals surface area contributed by atoms with Crippen LogP contribution in [-0.4, -0.2) is 36.2 Å². The summed E-state index contributed by atoms with van der Waals surface area (Å²) in [7, 11) is 0. The Balaban J connectivity index is 1.83. The molecule has 1 aromatic rings. The normalized spacial score (nSPS) is 26.5. The third-order valence-electron chi connectivity index (χ3n) is 7.41. The number of anilines is 1. The maximum Gasteiger partial charge on any atom is 0.148 e. The first-order valence-corrected chi connectivity index (χ1v) is 11.7. The minimum atomic E-state index is -1.30. The molecule has 3 fully saturated rings. The fourth-order valence-electron chi connectivity index (χ4n) is 5.77. The number of Topliss-reactive ketones (excluding diaryl/α,β-unsaturated/α-hetero) is 4. The molecule has 5 nitrogen and oxygen atoms in total. The average molecular weight is 488 g/mol. The van der Waals surface area contributed by atoms with Gasteiger partial charge in [0.1, 0.15) is 34.0 Å². The van der Waals surface area contributed by atoms with Crippen LogP contribution in [0.4, 0.5) is 5.69 Å². The van der Waals surface area contributed by atoms with E-state index in [1.807, 2.05) is 56.9 Å². The molecule has 0 atom stereocenters. The number of halogens is 1. The summed E-state index contributed by atoms with van der Waals surface area (Å²) in [5.74, 6) is -0.499. The van der Waals surface area contributed by atoms with Gasteiger partial charge in [-0.2, -0.15) is 0 Å². The Morgan fingerprint density at radius 1 is 0.677 bits per heavy atom. The number of ketones is 4. The summed E-state index contributed by atoms with van der Waals surface area (Å²) in [6.45, 7) is 8.18. The van der Waals surface area contributed by atoms with Crippen LogP contribution < -0.4 is 4.90 Å². The Bertz CT molecular complexity index is 880. The summed E-state index contributed by atoms with van der Waals surface area (Å²) < 4.78 is 0.913. The van der Waals surface area contributed by atoms with Gasteiger partial charge in [0, 0.05) is 48.9 Å². The molecule has 0 unspecified atom stereocenters. The quantitative estimate of drug-likeness (QED) is 0.543. The van der Waals surface area contributed by atoms with Gasteiger partial charge in [-0.05, 0) is 41.5 Å². The van der Waals surface area contributed by atoms with Crippen molar-refractivity contribution in [3.8, 4) is 0 Å². The second-order valence-electron chi connectivity index (χ2n) is 11.4. The van der Waals surface area contributed by atoms with Crippen LogP contribution in [0, 0.1) is 21.7 Å². The summed E-state index contributed by atoms with van der Waals surface area (Å²) in [4.78, 5) is 56.0. The molecule has 1 aromatic carbocycles. The Hall–Kier alpha value is -1.82. The summed E-state index contributed by atoms with van der Waals surface area (Å²) >= 11 is 3.44. The summed E-state index contributed by atoms with van der Waals surface area (Å²) in [5.41, 5.74) is -2.57. The lowest BCUT2D eigenvalue weighted by Gasteiger charge is -2.54. The highest BCUT2D eigenvalue weighted by Crippen LogP contribution is 2.54. The van der Waals surface area contributed by atoms with Crippen molar-refractivity contribution in [1.82, 2.24) is 0 Å². The van der Waals surface area contributed by atoms with Crippen LogP contribution >= 0.6 is 15.9 Å². The smallest absolute Gasteiger partial charge is 0.148 e. The standard InChI is InChI=1S/C25H30BrNO4/c1-22(2)9-18(28)24(19(29)10-22)13-25(20(30)11-23(3,4)12-21(25)31)15-27(14-24)17-7-5-16(26)6-8-17/h5-8H,9-15H2,1-4H3. The zero-order chi connectivity index (χ0) is 22.8. The predicted molar refractivity (Wildman–Crippen MR) is 122 cm³/mol. The van der Waals surface area contributed by atoms with Gasteiger partial charge in [-0.15, -0.1) is 0 Å². The lowest BCUT2D eigenvalue weighted by Crippen LogP contribution is -2.66. The molecule has 166 valence electrons. The highest BCUT2D eigenvalue weighted by Gasteiger charge is 2.64. The van der Waals surface area contributed by atoms with E-state index in [9.17, 15) is 19.2 Å². The van der Waals surface area contributed by atoms with Crippen LogP contribution in [0.15, 0.2) is 28.7 Å². The first-order chi connectivity index (χ1) is 14.3. The summed E-state index contributed by atoms with van der Waals surface area (Å²) in [6, 6.07) is 7.59. The van der Waals surface area contributed by atoms with E-state index in [2.05, 4.69) is 15.9 Å². The first kappa shape index (κ1) is 22.4. The van der Waals surface area contributed by atoms with Gasteiger partial charge in [-0.3, -0.25) is 19.2 Å². The van der Waals surface area contributed by atoms with Gasteiger partial charge in [0.05, 0.1) is 0 Å². The summed E-state index contributed by atoms with van der Waals surface area (Å²) in [6.07, 6.45) is 1.19. The molecule has 0 amide bonds. The van der Waals surface area contributed by atoms with Crippen molar-refractivity contribution < 1.29 is 19.2 Å². The van der Waals surface area contributed by atoms with Gasteiger partial charge in [0.15, 0.2) is 0 Å². The topological polar surface area (TPSA) is 71.5 Å². The molecule has 0 radical (unpaired) electrons. The van der Waals surface area contributed by atoms with E-state index in [0.29, 0.717) is 0 Å². The lowest BCUT2D eigenvalue weighted by molar-refractivity contribution is -0.159. The number of hydrogen-bond acceptors (Lipinski definition) is 5. The molecular weight excluding hydrogens is 458 g/mol. The summed E-state index contributed by atoms with van der Waals surface area (Å²) in [5, 5.41) is 0. The Labute approximate surface area is 192 Å². The van der Waals surface area contributed by atoms with E-state index < -0.39 is 21.7 Å². The molecule has 0 N–H and O–H groups in total. The largest absolute Gasteiger partial charge is 0.369 e. The van der Waals surface area contributed by atoms with E-state index in [-0.39, 0.29) is 68.3 Å². The number of rotatable bonds is 1. The van der Waals surface area contributed by atoms with Crippen LogP contribution in [0.25, 0.3) is 0 Å². The number of hydrogen-bond donors (Lipinski definition) is 0. The molecule has 2 saturated carbocycles. The predicted octanol–water partition coefficient (Wildman–Crippen LogP) is 4.55. The molecule has 1 aliphatic heterocycles. The molecule has 6 heteroatoms. The van der Waals surface area contributed by atoms with Gasteiger partial charge in [0.2, 0.25) is 0 Å². The molecule has 4 rings (SSSR count). The Morgan fingerprint density at radius 3 is 1.39 bits per heavy atom. The molecule has 0 bridgehead atoms. The molecule has 31 heavy (non-hydrogen) atoms. The monoisotopic (exact) mass is 487 g/mol.